The number of aromatic nitrogens is 1. The molecule has 2 rings (SSSR count). The minimum absolute atomic E-state index is 0.111. The molecule has 1 aliphatic rings. The van der Waals surface area contributed by atoms with Gasteiger partial charge in [0.05, 0.1) is 5.69 Å². The van der Waals surface area contributed by atoms with E-state index in [1.165, 1.54) is 0 Å². The van der Waals surface area contributed by atoms with Crippen LogP contribution in [0.15, 0.2) is 4.52 Å². The van der Waals surface area contributed by atoms with Crippen molar-refractivity contribution in [2.24, 2.45) is 5.73 Å². The first kappa shape index (κ1) is 9.21. The molecule has 0 aliphatic heterocycles. The molecular formula is C9H13N3O2. The standard InChI is InChI=1S/C9H13N3O2/c1-4-8(5(2)14-12-4)9(13)11-7-3-6(7)10/h6-7H,3,10H2,1-2H3,(H,11,13). The maximum atomic E-state index is 11.7. The highest BCUT2D eigenvalue weighted by molar-refractivity contribution is 5.96. The van der Waals surface area contributed by atoms with Gasteiger partial charge in [-0.25, -0.2) is 0 Å². The first-order valence-corrected chi connectivity index (χ1v) is 4.59. The van der Waals surface area contributed by atoms with Crippen molar-refractivity contribution in [2.45, 2.75) is 32.4 Å². The van der Waals surface area contributed by atoms with Gasteiger partial charge >= 0.3 is 0 Å². The van der Waals surface area contributed by atoms with Crippen LogP contribution in [0.2, 0.25) is 0 Å². The van der Waals surface area contributed by atoms with E-state index in [2.05, 4.69) is 10.5 Å². The van der Waals surface area contributed by atoms with E-state index in [0.29, 0.717) is 17.0 Å². The summed E-state index contributed by atoms with van der Waals surface area (Å²) in [6, 6.07) is 0.232. The Balaban J connectivity index is 2.10. The van der Waals surface area contributed by atoms with Gasteiger partial charge in [0, 0.05) is 12.1 Å². The number of nitrogens with two attached hydrogens (primary N) is 1. The first-order valence-electron chi connectivity index (χ1n) is 4.59. The summed E-state index contributed by atoms with van der Waals surface area (Å²) in [4.78, 5) is 11.7. The SMILES string of the molecule is Cc1noc(C)c1C(=O)NC1CC1N. The number of carbonyl (C=O) groups excluding carboxylic acids is 1. The predicted octanol–water partition coefficient (Wildman–Crippen LogP) is 0.121. The molecule has 1 aromatic rings. The van der Waals surface area contributed by atoms with Crippen LogP contribution >= 0.6 is 0 Å². The van der Waals surface area contributed by atoms with Crippen molar-refractivity contribution in [1.29, 1.82) is 0 Å². The number of rotatable bonds is 2. The first-order chi connectivity index (χ1) is 6.59. The van der Waals surface area contributed by atoms with E-state index in [1.807, 2.05) is 0 Å². The van der Waals surface area contributed by atoms with Crippen molar-refractivity contribution in [3.63, 3.8) is 0 Å². The molecule has 0 aromatic carbocycles. The minimum Gasteiger partial charge on any atom is -0.361 e. The molecule has 0 saturated heterocycles. The van der Waals surface area contributed by atoms with Crippen molar-refractivity contribution in [3.8, 4) is 0 Å². The van der Waals surface area contributed by atoms with Crippen molar-refractivity contribution >= 4 is 5.91 Å². The third-order valence-corrected chi connectivity index (χ3v) is 2.42. The fourth-order valence-corrected chi connectivity index (χ4v) is 1.43. The molecule has 1 amide bonds. The maximum Gasteiger partial charge on any atom is 0.257 e. The molecule has 0 radical (unpaired) electrons. The van der Waals surface area contributed by atoms with Gasteiger partial charge in [-0.3, -0.25) is 4.79 Å². The minimum atomic E-state index is -0.140. The highest BCUT2D eigenvalue weighted by Gasteiger charge is 2.35. The zero-order chi connectivity index (χ0) is 10.3. The Kier molecular flexibility index (Phi) is 2.03. The van der Waals surface area contributed by atoms with Crippen molar-refractivity contribution in [2.75, 3.05) is 0 Å². The topological polar surface area (TPSA) is 81.2 Å². The van der Waals surface area contributed by atoms with Crippen LogP contribution in [0.5, 0.6) is 0 Å². The van der Waals surface area contributed by atoms with Crippen LogP contribution in [0.25, 0.3) is 0 Å². The highest BCUT2D eigenvalue weighted by atomic mass is 16.5. The molecule has 0 bridgehead atoms. The number of amides is 1. The predicted molar refractivity (Wildman–Crippen MR) is 49.8 cm³/mol. The second-order valence-corrected chi connectivity index (χ2v) is 3.68. The number of hydrogen-bond donors (Lipinski definition) is 2. The maximum absolute atomic E-state index is 11.7. The van der Waals surface area contributed by atoms with Crippen molar-refractivity contribution < 1.29 is 9.32 Å². The van der Waals surface area contributed by atoms with Crippen LogP contribution in [0.3, 0.4) is 0 Å². The van der Waals surface area contributed by atoms with Crippen LogP contribution in [-0.2, 0) is 0 Å². The van der Waals surface area contributed by atoms with E-state index in [4.69, 9.17) is 10.3 Å². The normalized spacial score (nSPS) is 24.8. The zero-order valence-electron chi connectivity index (χ0n) is 8.20. The molecule has 0 spiro atoms. The summed E-state index contributed by atoms with van der Waals surface area (Å²) in [6.07, 6.45) is 0.856. The third-order valence-electron chi connectivity index (χ3n) is 2.42. The van der Waals surface area contributed by atoms with E-state index >= 15 is 0 Å². The molecule has 5 heteroatoms. The molecule has 1 aliphatic carbocycles. The lowest BCUT2D eigenvalue weighted by molar-refractivity contribution is 0.0948. The summed E-state index contributed by atoms with van der Waals surface area (Å²) >= 11 is 0. The van der Waals surface area contributed by atoms with E-state index < -0.39 is 0 Å². The Morgan fingerprint density at radius 1 is 1.64 bits per heavy atom. The van der Waals surface area contributed by atoms with Crippen LogP contribution in [-0.4, -0.2) is 23.1 Å². The largest absolute Gasteiger partial charge is 0.361 e. The smallest absolute Gasteiger partial charge is 0.257 e. The van der Waals surface area contributed by atoms with Crippen molar-refractivity contribution in [1.82, 2.24) is 10.5 Å². The molecular weight excluding hydrogens is 182 g/mol. The van der Waals surface area contributed by atoms with Gasteiger partial charge in [-0.1, -0.05) is 5.16 Å². The van der Waals surface area contributed by atoms with Gasteiger partial charge in [0.15, 0.2) is 0 Å². The van der Waals surface area contributed by atoms with Gasteiger partial charge in [0.2, 0.25) is 0 Å². The van der Waals surface area contributed by atoms with Crippen LogP contribution < -0.4 is 11.1 Å². The Bertz CT molecular complexity index is 353. The number of nitrogens with one attached hydrogen (secondary N) is 1. The summed E-state index contributed by atoms with van der Waals surface area (Å²) in [5, 5.41) is 6.54. The summed E-state index contributed by atoms with van der Waals surface area (Å²) in [6.45, 7) is 3.47. The molecule has 5 nitrogen and oxygen atoms in total. The van der Waals surface area contributed by atoms with Crippen LogP contribution in [0, 0.1) is 13.8 Å². The molecule has 76 valence electrons. The number of aryl methyl sites for hydroxylation is 2. The van der Waals surface area contributed by atoms with Crippen LogP contribution in [0.1, 0.15) is 28.2 Å². The molecule has 1 saturated carbocycles. The average Bonchev–Trinajstić information content (AvgIpc) is 2.67. The van der Waals surface area contributed by atoms with E-state index in [9.17, 15) is 4.79 Å². The molecule has 1 heterocycles. The quantitative estimate of drug-likeness (QED) is 0.702. The molecule has 3 N–H and O–H groups in total. The number of hydrogen-bond acceptors (Lipinski definition) is 4. The van der Waals surface area contributed by atoms with Crippen LogP contribution in [0.4, 0.5) is 0 Å². The number of carbonyl (C=O) groups is 1. The van der Waals surface area contributed by atoms with Crippen molar-refractivity contribution in [3.05, 3.63) is 17.0 Å². The Hall–Kier alpha value is -1.36. The monoisotopic (exact) mass is 195 g/mol. The van der Waals surface area contributed by atoms with E-state index in [-0.39, 0.29) is 18.0 Å². The highest BCUT2D eigenvalue weighted by Crippen LogP contribution is 2.20. The summed E-state index contributed by atoms with van der Waals surface area (Å²) < 4.78 is 4.90. The third kappa shape index (κ3) is 1.50. The van der Waals surface area contributed by atoms with Gasteiger partial charge in [-0.15, -0.1) is 0 Å². The van der Waals surface area contributed by atoms with Gasteiger partial charge in [0.1, 0.15) is 11.3 Å². The summed E-state index contributed by atoms with van der Waals surface area (Å²) in [5.41, 5.74) is 6.74. The molecule has 14 heavy (non-hydrogen) atoms. The lowest BCUT2D eigenvalue weighted by Crippen LogP contribution is -2.30. The van der Waals surface area contributed by atoms with Gasteiger partial charge in [-0.2, -0.15) is 0 Å². The lowest BCUT2D eigenvalue weighted by Gasteiger charge is -2.01. The Morgan fingerprint density at radius 2 is 2.29 bits per heavy atom. The fourth-order valence-electron chi connectivity index (χ4n) is 1.43. The molecule has 1 fully saturated rings. The molecule has 2 atom stereocenters. The average molecular weight is 195 g/mol. The summed E-state index contributed by atoms with van der Waals surface area (Å²) in [5.74, 6) is 0.411. The van der Waals surface area contributed by atoms with Gasteiger partial charge in [-0.05, 0) is 20.3 Å². The zero-order valence-corrected chi connectivity index (χ0v) is 8.20. The molecule has 2 unspecified atom stereocenters. The van der Waals surface area contributed by atoms with E-state index in [1.54, 1.807) is 13.8 Å². The van der Waals surface area contributed by atoms with Gasteiger partial charge in [0.25, 0.3) is 5.91 Å². The number of nitrogens with zero attached hydrogens (tertiary/aromatic N) is 1. The summed E-state index contributed by atoms with van der Waals surface area (Å²) in [7, 11) is 0. The lowest BCUT2D eigenvalue weighted by atomic mass is 10.2. The fraction of sp³-hybridized carbons (Fsp3) is 0.556. The second kappa shape index (κ2) is 3.09. The second-order valence-electron chi connectivity index (χ2n) is 3.68. The Labute approximate surface area is 81.6 Å². The van der Waals surface area contributed by atoms with Gasteiger partial charge < -0.3 is 15.6 Å². The van der Waals surface area contributed by atoms with E-state index in [0.717, 1.165) is 6.42 Å². The molecule has 1 aromatic heterocycles. The Morgan fingerprint density at radius 3 is 2.71 bits per heavy atom.